The summed E-state index contributed by atoms with van der Waals surface area (Å²) < 4.78 is 16.0. The molecule has 0 aliphatic rings. The molecule has 0 heterocycles. The molecular weight excluding hydrogens is 299 g/mol. The van der Waals surface area contributed by atoms with Crippen LogP contribution in [0.1, 0.15) is 16.7 Å². The molecule has 0 nitrogen and oxygen atoms in total. The molecule has 0 atom stereocenters. The van der Waals surface area contributed by atoms with Gasteiger partial charge >= 0.3 is 0 Å². The van der Waals surface area contributed by atoms with E-state index in [4.69, 9.17) is 0 Å². The minimum Gasteiger partial charge on any atom is -0.313 e. The second-order valence-electron chi connectivity index (χ2n) is 6.14. The van der Waals surface area contributed by atoms with Gasteiger partial charge in [-0.3, -0.25) is 0 Å². The van der Waals surface area contributed by atoms with Crippen LogP contribution in [-0.4, -0.2) is 8.41 Å². The third-order valence-electron chi connectivity index (χ3n) is 4.09. The van der Waals surface area contributed by atoms with E-state index in [0.717, 1.165) is 16.7 Å². The summed E-state index contributed by atoms with van der Waals surface area (Å²) in [5.41, 5.74) is 3.32. The fourth-order valence-corrected chi connectivity index (χ4v) is 6.35. The van der Waals surface area contributed by atoms with E-state index in [-0.39, 0.29) is 0 Å². The van der Waals surface area contributed by atoms with Gasteiger partial charge in [0.1, 0.15) is 0 Å². The van der Waals surface area contributed by atoms with Crippen LogP contribution in [0.2, 0.25) is 0 Å². The summed E-state index contributed by atoms with van der Waals surface area (Å²) >= 11 is 0. The van der Waals surface area contributed by atoms with Crippen LogP contribution in [0.3, 0.4) is 0 Å². The van der Waals surface area contributed by atoms with E-state index in [1.54, 1.807) is 0 Å². The molecule has 0 aliphatic carbocycles. The standard InChI is InChI=1S/C21H21FSi/c22-23(16-19-10-4-1-5-11-19,17-20-12-6-2-7-13-20)18-21-14-8-3-9-15-21/h1-15H,16-18H2. The maximum absolute atomic E-state index is 16.0. The molecule has 0 spiro atoms. The fraction of sp³-hybridized carbons (Fsp3) is 0.143. The lowest BCUT2D eigenvalue weighted by Crippen LogP contribution is -2.39. The first-order valence-corrected chi connectivity index (χ1v) is 10.5. The van der Waals surface area contributed by atoms with Crippen molar-refractivity contribution in [1.29, 1.82) is 0 Å². The summed E-state index contributed by atoms with van der Waals surface area (Å²) in [5.74, 6) is 0. The number of hydrogen-bond acceptors (Lipinski definition) is 0. The average Bonchev–Trinajstić information content (AvgIpc) is 2.57. The van der Waals surface area contributed by atoms with Gasteiger partial charge in [0, 0.05) is 0 Å². The Labute approximate surface area is 138 Å². The molecule has 0 N–H and O–H groups in total. The van der Waals surface area contributed by atoms with Crippen LogP contribution in [0.4, 0.5) is 4.11 Å². The summed E-state index contributed by atoms with van der Waals surface area (Å²) in [7, 11) is -2.97. The zero-order valence-electron chi connectivity index (χ0n) is 13.2. The van der Waals surface area contributed by atoms with Crippen LogP contribution < -0.4 is 0 Å². The van der Waals surface area contributed by atoms with Crippen molar-refractivity contribution in [3.8, 4) is 0 Å². The van der Waals surface area contributed by atoms with Crippen LogP contribution in [0.15, 0.2) is 91.0 Å². The molecule has 0 bridgehead atoms. The number of hydrogen-bond donors (Lipinski definition) is 0. The zero-order chi connectivity index (χ0) is 16.0. The monoisotopic (exact) mass is 320 g/mol. The van der Waals surface area contributed by atoms with Crippen molar-refractivity contribution < 1.29 is 4.11 Å². The summed E-state index contributed by atoms with van der Waals surface area (Å²) in [6.45, 7) is 0. The molecule has 3 aromatic carbocycles. The quantitative estimate of drug-likeness (QED) is 0.430. The van der Waals surface area contributed by atoms with Crippen molar-refractivity contribution in [3.63, 3.8) is 0 Å². The van der Waals surface area contributed by atoms with Gasteiger partial charge < -0.3 is 4.11 Å². The largest absolute Gasteiger partial charge is 0.313 e. The van der Waals surface area contributed by atoms with Crippen molar-refractivity contribution in [3.05, 3.63) is 108 Å². The lowest BCUT2D eigenvalue weighted by atomic mass is 10.2. The maximum atomic E-state index is 16.0. The summed E-state index contributed by atoms with van der Waals surface area (Å²) in [4.78, 5) is 0. The molecule has 23 heavy (non-hydrogen) atoms. The van der Waals surface area contributed by atoms with Crippen LogP contribution in [0, 0.1) is 0 Å². The minimum absolute atomic E-state index is 0.567. The van der Waals surface area contributed by atoms with Gasteiger partial charge in [0.05, 0.1) is 0 Å². The van der Waals surface area contributed by atoms with Crippen LogP contribution in [0.25, 0.3) is 0 Å². The Bertz CT molecular complexity index is 609. The molecule has 0 radical (unpaired) electrons. The van der Waals surface area contributed by atoms with Crippen molar-refractivity contribution >= 4 is 8.41 Å². The highest BCUT2D eigenvalue weighted by Gasteiger charge is 2.35. The van der Waals surface area contributed by atoms with Gasteiger partial charge in [-0.2, -0.15) is 0 Å². The lowest BCUT2D eigenvalue weighted by molar-refractivity contribution is 0.739. The molecule has 3 rings (SSSR count). The van der Waals surface area contributed by atoms with Crippen molar-refractivity contribution in [2.45, 2.75) is 18.1 Å². The second kappa shape index (κ2) is 7.38. The van der Waals surface area contributed by atoms with E-state index in [0.29, 0.717) is 18.1 Å². The average molecular weight is 320 g/mol. The fourth-order valence-electron chi connectivity index (χ4n) is 3.07. The number of benzene rings is 3. The lowest BCUT2D eigenvalue weighted by Gasteiger charge is -2.23. The van der Waals surface area contributed by atoms with Crippen LogP contribution >= 0.6 is 0 Å². The molecule has 0 saturated heterocycles. The number of rotatable bonds is 6. The van der Waals surface area contributed by atoms with Gasteiger partial charge in [-0.15, -0.1) is 0 Å². The molecule has 0 fully saturated rings. The number of halogens is 1. The first kappa shape index (κ1) is 15.7. The molecule has 0 aliphatic heterocycles. The topological polar surface area (TPSA) is 0 Å². The molecule has 2 heteroatoms. The third kappa shape index (κ3) is 4.64. The Morgan fingerprint density at radius 1 is 0.478 bits per heavy atom. The predicted molar refractivity (Wildman–Crippen MR) is 97.3 cm³/mol. The maximum Gasteiger partial charge on any atom is 0.259 e. The Hall–Kier alpha value is -2.19. The van der Waals surface area contributed by atoms with Gasteiger partial charge in [-0.25, -0.2) is 0 Å². The van der Waals surface area contributed by atoms with E-state index in [1.165, 1.54) is 0 Å². The molecule has 0 unspecified atom stereocenters. The Kier molecular flexibility index (Phi) is 5.04. The van der Waals surface area contributed by atoms with Crippen molar-refractivity contribution in [2.75, 3.05) is 0 Å². The molecular formula is C21H21FSi. The van der Waals surface area contributed by atoms with E-state index in [2.05, 4.69) is 0 Å². The van der Waals surface area contributed by atoms with Crippen LogP contribution in [0.5, 0.6) is 0 Å². The Morgan fingerprint density at radius 2 is 0.739 bits per heavy atom. The normalized spacial score (nSPS) is 11.3. The predicted octanol–water partition coefficient (Wildman–Crippen LogP) is 5.25. The zero-order valence-corrected chi connectivity index (χ0v) is 14.2. The van der Waals surface area contributed by atoms with Crippen molar-refractivity contribution in [2.24, 2.45) is 0 Å². The van der Waals surface area contributed by atoms with Crippen molar-refractivity contribution in [1.82, 2.24) is 0 Å². The smallest absolute Gasteiger partial charge is 0.259 e. The Morgan fingerprint density at radius 3 is 1.00 bits per heavy atom. The highest BCUT2D eigenvalue weighted by Crippen LogP contribution is 2.23. The van der Waals surface area contributed by atoms with Gasteiger partial charge in [0.2, 0.25) is 0 Å². The Balaban J connectivity index is 1.85. The van der Waals surface area contributed by atoms with E-state index in [9.17, 15) is 0 Å². The summed E-state index contributed by atoms with van der Waals surface area (Å²) in [5, 5.41) is 0. The summed E-state index contributed by atoms with van der Waals surface area (Å²) in [6.07, 6.45) is 0. The molecule has 0 saturated carbocycles. The first-order valence-electron chi connectivity index (χ1n) is 8.04. The van der Waals surface area contributed by atoms with E-state index in [1.807, 2.05) is 91.0 Å². The van der Waals surface area contributed by atoms with Gasteiger partial charge in [-0.1, -0.05) is 91.0 Å². The third-order valence-corrected chi connectivity index (χ3v) is 7.22. The molecule has 0 aromatic heterocycles. The summed E-state index contributed by atoms with van der Waals surface area (Å²) in [6, 6.07) is 31.9. The molecule has 116 valence electrons. The van der Waals surface area contributed by atoms with Gasteiger partial charge in [-0.05, 0) is 34.8 Å². The van der Waals surface area contributed by atoms with Gasteiger partial charge in [0.25, 0.3) is 8.41 Å². The first-order chi connectivity index (χ1) is 11.2. The highest BCUT2D eigenvalue weighted by atomic mass is 28.4. The van der Waals surface area contributed by atoms with Crippen LogP contribution in [-0.2, 0) is 18.1 Å². The molecule has 3 aromatic rings. The highest BCUT2D eigenvalue weighted by molar-refractivity contribution is 6.71. The van der Waals surface area contributed by atoms with Gasteiger partial charge in [0.15, 0.2) is 0 Å². The van der Waals surface area contributed by atoms with E-state index >= 15 is 4.11 Å². The minimum atomic E-state index is -2.97. The second-order valence-corrected chi connectivity index (χ2v) is 9.50. The van der Waals surface area contributed by atoms with E-state index < -0.39 is 8.41 Å². The molecule has 0 amide bonds. The SMILES string of the molecule is F[Si](Cc1ccccc1)(Cc1ccccc1)Cc1ccccc1.